The molecule has 1 saturated carbocycles. The van der Waals surface area contributed by atoms with Crippen molar-refractivity contribution >= 4 is 23.7 Å². The van der Waals surface area contributed by atoms with Crippen molar-refractivity contribution in [2.24, 2.45) is 0 Å². The Bertz CT molecular complexity index is 920. The van der Waals surface area contributed by atoms with E-state index in [0.29, 0.717) is 17.2 Å². The van der Waals surface area contributed by atoms with Gasteiger partial charge in [-0.05, 0) is 44.0 Å². The Morgan fingerprint density at radius 1 is 1.26 bits per heavy atom. The van der Waals surface area contributed by atoms with Crippen LogP contribution in [-0.2, 0) is 9.59 Å². The van der Waals surface area contributed by atoms with Gasteiger partial charge in [0.15, 0.2) is 0 Å². The standard InChI is InChI=1S/C18H18FN5O3/c1-11-8-15(24(21-11)14-4-2-12(19)3-5-14)20-16(25)9-23-17(26)10-22(18(23)27)13-6-7-13/h2-5,8,13H,6-7,9-10H2,1H3,(H,20,25). The molecule has 1 aliphatic carbocycles. The van der Waals surface area contributed by atoms with Crippen LogP contribution in [0, 0.1) is 12.7 Å². The third kappa shape index (κ3) is 3.40. The maximum atomic E-state index is 13.1. The Balaban J connectivity index is 1.48. The van der Waals surface area contributed by atoms with Crippen molar-refractivity contribution in [3.05, 3.63) is 41.8 Å². The first-order chi connectivity index (χ1) is 12.9. The summed E-state index contributed by atoms with van der Waals surface area (Å²) < 4.78 is 14.6. The molecular weight excluding hydrogens is 353 g/mol. The number of nitrogens with one attached hydrogen (secondary N) is 1. The van der Waals surface area contributed by atoms with E-state index >= 15 is 0 Å². The van der Waals surface area contributed by atoms with Gasteiger partial charge < -0.3 is 10.2 Å². The van der Waals surface area contributed by atoms with Gasteiger partial charge in [-0.3, -0.25) is 14.5 Å². The molecular formula is C18H18FN5O3. The van der Waals surface area contributed by atoms with Gasteiger partial charge in [0, 0.05) is 12.1 Å². The normalized spacial score (nSPS) is 17.0. The largest absolute Gasteiger partial charge is 0.327 e. The number of aromatic nitrogens is 2. The highest BCUT2D eigenvalue weighted by Crippen LogP contribution is 2.30. The van der Waals surface area contributed by atoms with E-state index in [2.05, 4.69) is 10.4 Å². The van der Waals surface area contributed by atoms with E-state index < -0.39 is 11.9 Å². The van der Waals surface area contributed by atoms with Gasteiger partial charge in [-0.15, -0.1) is 0 Å². The first-order valence-electron chi connectivity index (χ1n) is 8.66. The van der Waals surface area contributed by atoms with Crippen LogP contribution in [0.15, 0.2) is 30.3 Å². The minimum absolute atomic E-state index is 0.0312. The zero-order chi connectivity index (χ0) is 19.1. The number of hydrogen-bond acceptors (Lipinski definition) is 4. The van der Waals surface area contributed by atoms with Crippen molar-refractivity contribution in [3.63, 3.8) is 0 Å². The van der Waals surface area contributed by atoms with Crippen LogP contribution in [0.3, 0.4) is 0 Å². The number of carbonyl (C=O) groups is 3. The van der Waals surface area contributed by atoms with Crippen LogP contribution in [0.2, 0.25) is 0 Å². The number of anilines is 1. The highest BCUT2D eigenvalue weighted by molar-refractivity contribution is 6.06. The number of benzene rings is 1. The number of aryl methyl sites for hydroxylation is 1. The van der Waals surface area contributed by atoms with Crippen LogP contribution in [-0.4, -0.2) is 56.6 Å². The zero-order valence-corrected chi connectivity index (χ0v) is 14.7. The minimum Gasteiger partial charge on any atom is -0.312 e. The molecule has 4 amide bonds. The first kappa shape index (κ1) is 17.2. The molecule has 2 fully saturated rings. The molecule has 8 nitrogen and oxygen atoms in total. The van der Waals surface area contributed by atoms with Crippen LogP contribution in [0.5, 0.6) is 0 Å². The summed E-state index contributed by atoms with van der Waals surface area (Å²) in [5.74, 6) is -0.871. The number of rotatable bonds is 5. The molecule has 0 spiro atoms. The van der Waals surface area contributed by atoms with Gasteiger partial charge in [-0.2, -0.15) is 5.10 Å². The fourth-order valence-corrected chi connectivity index (χ4v) is 3.08. The number of halogens is 1. The van der Waals surface area contributed by atoms with Crippen LogP contribution in [0.4, 0.5) is 15.0 Å². The second-order valence-corrected chi connectivity index (χ2v) is 6.73. The summed E-state index contributed by atoms with van der Waals surface area (Å²) in [5.41, 5.74) is 1.23. The van der Waals surface area contributed by atoms with E-state index in [-0.39, 0.29) is 30.9 Å². The van der Waals surface area contributed by atoms with E-state index in [4.69, 9.17) is 0 Å². The Labute approximate surface area is 154 Å². The highest BCUT2D eigenvalue weighted by Gasteiger charge is 2.44. The quantitative estimate of drug-likeness (QED) is 0.810. The predicted molar refractivity (Wildman–Crippen MR) is 93.7 cm³/mol. The molecule has 1 aromatic carbocycles. The summed E-state index contributed by atoms with van der Waals surface area (Å²) in [6.45, 7) is 1.44. The summed E-state index contributed by atoms with van der Waals surface area (Å²) in [6.07, 6.45) is 1.80. The molecule has 27 heavy (non-hydrogen) atoms. The number of amides is 4. The van der Waals surface area contributed by atoms with Gasteiger partial charge in [-0.25, -0.2) is 13.9 Å². The van der Waals surface area contributed by atoms with Crippen molar-refractivity contribution in [2.45, 2.75) is 25.8 Å². The van der Waals surface area contributed by atoms with Crippen LogP contribution >= 0.6 is 0 Å². The summed E-state index contributed by atoms with van der Waals surface area (Å²) in [6, 6.07) is 7.04. The van der Waals surface area contributed by atoms with Crippen molar-refractivity contribution in [2.75, 3.05) is 18.4 Å². The number of urea groups is 1. The lowest BCUT2D eigenvalue weighted by molar-refractivity contribution is -0.129. The van der Waals surface area contributed by atoms with Crippen molar-refractivity contribution < 1.29 is 18.8 Å². The molecule has 140 valence electrons. The number of nitrogens with zero attached hydrogens (tertiary/aromatic N) is 4. The smallest absolute Gasteiger partial charge is 0.312 e. The Hall–Kier alpha value is -3.23. The second kappa shape index (κ2) is 6.49. The maximum Gasteiger partial charge on any atom is 0.327 e. The molecule has 1 aromatic heterocycles. The van der Waals surface area contributed by atoms with E-state index in [1.165, 1.54) is 21.7 Å². The van der Waals surface area contributed by atoms with Crippen molar-refractivity contribution in [1.29, 1.82) is 0 Å². The maximum absolute atomic E-state index is 13.1. The number of carbonyl (C=O) groups excluding carboxylic acids is 3. The molecule has 0 bridgehead atoms. The highest BCUT2D eigenvalue weighted by atomic mass is 19.1. The average molecular weight is 371 g/mol. The molecule has 2 aliphatic rings. The topological polar surface area (TPSA) is 87.5 Å². The summed E-state index contributed by atoms with van der Waals surface area (Å²) in [7, 11) is 0. The summed E-state index contributed by atoms with van der Waals surface area (Å²) in [4.78, 5) is 39.3. The second-order valence-electron chi connectivity index (χ2n) is 6.73. The molecule has 1 aliphatic heterocycles. The fraction of sp³-hybridized carbons (Fsp3) is 0.333. The lowest BCUT2D eigenvalue weighted by Gasteiger charge is -2.16. The van der Waals surface area contributed by atoms with Gasteiger partial charge in [0.2, 0.25) is 5.91 Å². The fourth-order valence-electron chi connectivity index (χ4n) is 3.08. The van der Waals surface area contributed by atoms with Gasteiger partial charge in [0.05, 0.1) is 11.4 Å². The van der Waals surface area contributed by atoms with E-state index in [1.54, 1.807) is 25.1 Å². The van der Waals surface area contributed by atoms with Crippen molar-refractivity contribution in [1.82, 2.24) is 19.6 Å². The molecule has 0 radical (unpaired) electrons. The molecule has 1 N–H and O–H groups in total. The van der Waals surface area contributed by atoms with E-state index in [0.717, 1.165) is 17.7 Å². The minimum atomic E-state index is -0.502. The van der Waals surface area contributed by atoms with Crippen molar-refractivity contribution in [3.8, 4) is 5.69 Å². The molecule has 4 rings (SSSR count). The monoisotopic (exact) mass is 371 g/mol. The van der Waals surface area contributed by atoms with Crippen LogP contribution in [0.25, 0.3) is 5.69 Å². The third-order valence-corrected chi connectivity index (χ3v) is 4.54. The zero-order valence-electron chi connectivity index (χ0n) is 14.7. The third-order valence-electron chi connectivity index (χ3n) is 4.54. The summed E-state index contributed by atoms with van der Waals surface area (Å²) >= 11 is 0. The lowest BCUT2D eigenvalue weighted by Crippen LogP contribution is -2.39. The predicted octanol–water partition coefficient (Wildman–Crippen LogP) is 1.68. The van der Waals surface area contributed by atoms with Gasteiger partial charge in [-0.1, -0.05) is 0 Å². The number of hydrogen-bond donors (Lipinski definition) is 1. The Kier molecular flexibility index (Phi) is 4.14. The van der Waals surface area contributed by atoms with E-state index in [9.17, 15) is 18.8 Å². The Morgan fingerprint density at radius 3 is 2.63 bits per heavy atom. The van der Waals surface area contributed by atoms with Gasteiger partial charge in [0.25, 0.3) is 5.91 Å². The molecule has 9 heteroatoms. The Morgan fingerprint density at radius 2 is 1.96 bits per heavy atom. The van der Waals surface area contributed by atoms with Gasteiger partial charge >= 0.3 is 6.03 Å². The van der Waals surface area contributed by atoms with E-state index in [1.807, 2.05) is 0 Å². The molecule has 1 saturated heterocycles. The molecule has 0 unspecified atom stereocenters. The molecule has 0 atom stereocenters. The summed E-state index contributed by atoms with van der Waals surface area (Å²) in [5, 5.41) is 6.97. The van der Waals surface area contributed by atoms with Gasteiger partial charge in [0.1, 0.15) is 24.7 Å². The first-order valence-corrected chi connectivity index (χ1v) is 8.66. The molecule has 2 heterocycles. The van der Waals surface area contributed by atoms with Crippen LogP contribution in [0.1, 0.15) is 18.5 Å². The number of imide groups is 1. The SMILES string of the molecule is Cc1cc(NC(=O)CN2C(=O)CN(C3CC3)C2=O)n(-c2ccc(F)cc2)n1. The molecule has 2 aromatic rings. The lowest BCUT2D eigenvalue weighted by atomic mass is 10.3. The van der Waals surface area contributed by atoms with Crippen LogP contribution < -0.4 is 5.32 Å². The average Bonchev–Trinajstić information content (AvgIpc) is 3.35.